The monoisotopic (exact) mass is 446 g/mol. The zero-order chi connectivity index (χ0) is 21.4. The minimum Gasteiger partial charge on any atom is -0.481 e. The first-order valence-corrected chi connectivity index (χ1v) is 9.49. The quantitative estimate of drug-likeness (QED) is 0.162. The second-order valence-corrected chi connectivity index (χ2v) is 8.46. The molecule has 0 aliphatic heterocycles. The lowest BCUT2D eigenvalue weighted by Gasteiger charge is -2.55. The number of carboxylic acid groups (broad SMARTS) is 3. The lowest BCUT2D eigenvalue weighted by Crippen LogP contribution is -2.61. The van der Waals surface area contributed by atoms with Gasteiger partial charge in [0.1, 0.15) is 0 Å². The van der Waals surface area contributed by atoms with Crippen LogP contribution in [0.2, 0.25) is 0 Å². The Balaban J connectivity index is 6.53. The molecule has 0 bridgehead atoms. The SMILES string of the molecule is O=C(O)CC(S)CC(C(S)CC(=O)O)(C(S)CC(=O)O)C(CO)(CO)CO. The van der Waals surface area contributed by atoms with Crippen LogP contribution in [0.25, 0.3) is 0 Å². The highest BCUT2D eigenvalue weighted by molar-refractivity contribution is 7.82. The van der Waals surface area contributed by atoms with Gasteiger partial charge in [-0.15, -0.1) is 0 Å². The number of aliphatic carboxylic acids is 3. The lowest BCUT2D eigenvalue weighted by atomic mass is 9.56. The first-order valence-electron chi connectivity index (χ1n) is 7.94. The molecule has 0 saturated heterocycles. The number of carbonyl (C=O) groups is 3. The molecule has 0 spiro atoms. The van der Waals surface area contributed by atoms with Gasteiger partial charge in [-0.05, 0) is 6.42 Å². The maximum atomic E-state index is 11.3. The van der Waals surface area contributed by atoms with E-state index in [1.54, 1.807) is 0 Å². The van der Waals surface area contributed by atoms with Crippen LogP contribution in [0, 0.1) is 10.8 Å². The molecule has 0 aromatic heterocycles. The summed E-state index contributed by atoms with van der Waals surface area (Å²) in [5, 5.41) is 54.0. The molecule has 0 rings (SSSR count). The fourth-order valence-corrected chi connectivity index (χ4v) is 5.37. The third-order valence-electron chi connectivity index (χ3n) is 4.80. The van der Waals surface area contributed by atoms with E-state index in [9.17, 15) is 39.9 Å². The molecule has 12 heteroatoms. The van der Waals surface area contributed by atoms with Crippen LogP contribution < -0.4 is 0 Å². The van der Waals surface area contributed by atoms with Crippen LogP contribution in [0.5, 0.6) is 0 Å². The lowest BCUT2D eigenvalue weighted by molar-refractivity contribution is -0.144. The van der Waals surface area contributed by atoms with E-state index < -0.39 is 83.6 Å². The topological polar surface area (TPSA) is 173 Å². The van der Waals surface area contributed by atoms with Crippen molar-refractivity contribution in [2.75, 3.05) is 19.8 Å². The molecule has 0 fully saturated rings. The standard InChI is InChI=1S/C15H26O9S3/c16-5-14(6-17,7-18)15(9(26)2-12(21)22,10(27)3-13(23)24)4-8(25)1-11(19)20/h8-10,16-18,25-27H,1-7H2,(H,19,20)(H,21,22)(H,23,24). The van der Waals surface area contributed by atoms with Gasteiger partial charge in [-0.1, -0.05) is 0 Å². The molecule has 3 atom stereocenters. The van der Waals surface area contributed by atoms with E-state index in [0.717, 1.165) is 0 Å². The third kappa shape index (κ3) is 6.43. The zero-order valence-electron chi connectivity index (χ0n) is 14.4. The van der Waals surface area contributed by atoms with Gasteiger partial charge in [-0.3, -0.25) is 14.4 Å². The summed E-state index contributed by atoms with van der Waals surface area (Å²) in [4.78, 5) is 33.6. The molecule has 0 heterocycles. The van der Waals surface area contributed by atoms with E-state index in [2.05, 4.69) is 37.9 Å². The molecule has 0 saturated carbocycles. The average molecular weight is 447 g/mol. The maximum Gasteiger partial charge on any atom is 0.304 e. The average Bonchev–Trinajstić information content (AvgIpc) is 2.53. The van der Waals surface area contributed by atoms with Crippen LogP contribution in [0.1, 0.15) is 25.7 Å². The van der Waals surface area contributed by atoms with Gasteiger partial charge in [0, 0.05) is 26.6 Å². The fourth-order valence-electron chi connectivity index (χ4n) is 3.37. The molecular formula is C15H26O9S3. The van der Waals surface area contributed by atoms with E-state index in [-0.39, 0.29) is 6.42 Å². The molecule has 0 aromatic carbocycles. The normalized spacial score (nSPS) is 17.6. The zero-order valence-corrected chi connectivity index (χ0v) is 17.1. The van der Waals surface area contributed by atoms with Crippen molar-refractivity contribution in [3.05, 3.63) is 0 Å². The highest BCUT2D eigenvalue weighted by Crippen LogP contribution is 2.54. The van der Waals surface area contributed by atoms with Crippen molar-refractivity contribution >= 4 is 55.8 Å². The van der Waals surface area contributed by atoms with E-state index in [0.29, 0.717) is 0 Å². The van der Waals surface area contributed by atoms with Crippen LogP contribution in [0.4, 0.5) is 0 Å². The molecule has 0 aromatic rings. The van der Waals surface area contributed by atoms with Crippen molar-refractivity contribution in [3.8, 4) is 0 Å². The van der Waals surface area contributed by atoms with Crippen LogP contribution in [-0.4, -0.2) is 84.1 Å². The number of aliphatic hydroxyl groups is 3. The predicted molar refractivity (Wildman–Crippen MR) is 106 cm³/mol. The molecule has 9 nitrogen and oxygen atoms in total. The fraction of sp³-hybridized carbons (Fsp3) is 0.800. The molecule has 0 aliphatic carbocycles. The van der Waals surface area contributed by atoms with Crippen molar-refractivity contribution in [2.45, 2.75) is 41.4 Å². The van der Waals surface area contributed by atoms with Gasteiger partial charge in [-0.25, -0.2) is 0 Å². The molecule has 158 valence electrons. The van der Waals surface area contributed by atoms with Crippen molar-refractivity contribution in [3.63, 3.8) is 0 Å². The van der Waals surface area contributed by atoms with Crippen LogP contribution in [0.15, 0.2) is 0 Å². The predicted octanol–water partition coefficient (Wildman–Crippen LogP) is -0.354. The largest absolute Gasteiger partial charge is 0.481 e. The minimum atomic E-state index is -1.78. The molecular weight excluding hydrogens is 420 g/mol. The summed E-state index contributed by atoms with van der Waals surface area (Å²) >= 11 is 12.8. The summed E-state index contributed by atoms with van der Waals surface area (Å²) < 4.78 is 0. The van der Waals surface area contributed by atoms with Crippen molar-refractivity contribution in [1.82, 2.24) is 0 Å². The molecule has 27 heavy (non-hydrogen) atoms. The smallest absolute Gasteiger partial charge is 0.304 e. The first kappa shape index (κ1) is 26.3. The van der Waals surface area contributed by atoms with E-state index in [4.69, 9.17) is 5.11 Å². The Morgan fingerprint density at radius 1 is 0.704 bits per heavy atom. The van der Waals surface area contributed by atoms with Crippen LogP contribution >= 0.6 is 37.9 Å². The molecule has 0 radical (unpaired) electrons. The Morgan fingerprint density at radius 3 is 1.30 bits per heavy atom. The Morgan fingerprint density at radius 2 is 1.04 bits per heavy atom. The molecule has 6 N–H and O–H groups in total. The maximum absolute atomic E-state index is 11.3. The number of thiol groups is 3. The molecule has 0 amide bonds. The minimum absolute atomic E-state index is 0.257. The second kappa shape index (κ2) is 11.4. The Hall–Kier alpha value is -0.660. The third-order valence-corrected chi connectivity index (χ3v) is 6.46. The van der Waals surface area contributed by atoms with Crippen LogP contribution in [0.3, 0.4) is 0 Å². The van der Waals surface area contributed by atoms with Gasteiger partial charge in [0.05, 0.1) is 39.1 Å². The number of hydrogen-bond acceptors (Lipinski definition) is 9. The van der Waals surface area contributed by atoms with Gasteiger partial charge >= 0.3 is 17.9 Å². The van der Waals surface area contributed by atoms with Crippen molar-refractivity contribution < 1.29 is 45.0 Å². The van der Waals surface area contributed by atoms with Gasteiger partial charge in [0.25, 0.3) is 0 Å². The number of hydrogen-bond donors (Lipinski definition) is 9. The highest BCUT2D eigenvalue weighted by atomic mass is 32.1. The summed E-state index contributed by atoms with van der Waals surface area (Å²) in [7, 11) is 0. The van der Waals surface area contributed by atoms with E-state index >= 15 is 0 Å². The number of carboxylic acids is 3. The summed E-state index contributed by atoms with van der Waals surface area (Å²) in [5.74, 6) is -3.77. The second-order valence-electron chi connectivity index (χ2n) is 6.48. The highest BCUT2D eigenvalue weighted by Gasteiger charge is 2.58. The van der Waals surface area contributed by atoms with Gasteiger partial charge < -0.3 is 30.6 Å². The summed E-state index contributed by atoms with van der Waals surface area (Å²) in [6.07, 6.45) is -1.92. The number of aliphatic hydroxyl groups excluding tert-OH is 3. The summed E-state index contributed by atoms with van der Waals surface area (Å²) in [6.45, 7) is -2.50. The Kier molecular flexibility index (Phi) is 11.1. The van der Waals surface area contributed by atoms with E-state index in [1.807, 2.05) is 0 Å². The summed E-state index contributed by atoms with van der Waals surface area (Å²) in [6, 6.07) is 0. The Labute approximate surface area is 173 Å². The van der Waals surface area contributed by atoms with Gasteiger partial charge in [0.15, 0.2) is 0 Å². The van der Waals surface area contributed by atoms with Crippen molar-refractivity contribution in [1.29, 1.82) is 0 Å². The number of rotatable bonds is 14. The molecule has 0 aliphatic rings. The Bertz CT molecular complexity index is 494. The summed E-state index contributed by atoms with van der Waals surface area (Å²) in [5.41, 5.74) is -3.45. The van der Waals surface area contributed by atoms with Crippen molar-refractivity contribution in [2.24, 2.45) is 10.8 Å². The van der Waals surface area contributed by atoms with Crippen LogP contribution in [-0.2, 0) is 14.4 Å². The van der Waals surface area contributed by atoms with E-state index in [1.165, 1.54) is 0 Å². The van der Waals surface area contributed by atoms with Gasteiger partial charge in [0.2, 0.25) is 0 Å². The molecule has 3 unspecified atom stereocenters. The van der Waals surface area contributed by atoms with Gasteiger partial charge in [-0.2, -0.15) is 37.9 Å². The first-order chi connectivity index (χ1) is 12.4.